The lowest BCUT2D eigenvalue weighted by Gasteiger charge is -2.12. The molecule has 0 saturated carbocycles. The van der Waals surface area contributed by atoms with Crippen LogP contribution in [0.1, 0.15) is 5.56 Å². The largest absolute Gasteiger partial charge is 0.484 e. The van der Waals surface area contributed by atoms with Gasteiger partial charge >= 0.3 is 0 Å². The minimum Gasteiger partial charge on any atom is -0.484 e. The summed E-state index contributed by atoms with van der Waals surface area (Å²) in [7, 11) is 0. The number of amides is 2. The van der Waals surface area contributed by atoms with Crippen molar-refractivity contribution >= 4 is 45.6 Å². The van der Waals surface area contributed by atoms with E-state index in [-0.39, 0.29) is 18.3 Å². The van der Waals surface area contributed by atoms with E-state index in [9.17, 15) is 9.59 Å². The highest BCUT2D eigenvalue weighted by atomic mass is 32.1. The third-order valence-corrected chi connectivity index (χ3v) is 4.37. The number of ether oxygens (including phenoxy) is 1. The molecule has 8 heteroatoms. The third-order valence-electron chi connectivity index (χ3n) is 4.16. The summed E-state index contributed by atoms with van der Waals surface area (Å²) in [4.78, 5) is 23.8. The number of rotatable bonds is 6. The van der Waals surface area contributed by atoms with Crippen LogP contribution in [0.15, 0.2) is 66.7 Å². The summed E-state index contributed by atoms with van der Waals surface area (Å²) in [6.07, 6.45) is 0. The van der Waals surface area contributed by atoms with E-state index in [1.807, 2.05) is 67.6 Å². The van der Waals surface area contributed by atoms with Crippen molar-refractivity contribution < 1.29 is 14.3 Å². The molecule has 7 nitrogen and oxygen atoms in total. The summed E-state index contributed by atoms with van der Waals surface area (Å²) >= 11 is 5.11. The van der Waals surface area contributed by atoms with Crippen molar-refractivity contribution in [1.29, 1.82) is 0 Å². The fourth-order valence-corrected chi connectivity index (χ4v) is 2.77. The van der Waals surface area contributed by atoms with Gasteiger partial charge in [0.05, 0.1) is 6.54 Å². The molecule has 0 fully saturated rings. The predicted octanol–water partition coefficient (Wildman–Crippen LogP) is 2.66. The van der Waals surface area contributed by atoms with Crippen molar-refractivity contribution in [2.75, 3.05) is 18.5 Å². The molecule has 0 heterocycles. The molecule has 0 radical (unpaired) electrons. The number of benzene rings is 3. The van der Waals surface area contributed by atoms with Crippen molar-refractivity contribution in [2.45, 2.75) is 6.92 Å². The molecule has 3 aromatic carbocycles. The number of nitrogens with one attached hydrogen (secondary N) is 4. The quantitative estimate of drug-likeness (QED) is 0.361. The molecule has 0 aliphatic heterocycles. The van der Waals surface area contributed by atoms with Crippen LogP contribution in [0.2, 0.25) is 0 Å². The molecule has 3 rings (SSSR count). The minimum absolute atomic E-state index is 0.188. The number of hydrogen-bond donors (Lipinski definition) is 4. The first-order valence-electron chi connectivity index (χ1n) is 9.30. The number of carbonyl (C=O) groups is 2. The maximum Gasteiger partial charge on any atom is 0.258 e. The van der Waals surface area contributed by atoms with Gasteiger partial charge in [0, 0.05) is 5.69 Å². The first kappa shape index (κ1) is 21.1. The van der Waals surface area contributed by atoms with Crippen LogP contribution in [0.4, 0.5) is 5.69 Å². The van der Waals surface area contributed by atoms with Gasteiger partial charge in [-0.2, -0.15) is 0 Å². The van der Waals surface area contributed by atoms with Gasteiger partial charge in [0.15, 0.2) is 11.7 Å². The molecule has 0 aromatic heterocycles. The zero-order valence-electron chi connectivity index (χ0n) is 16.4. The van der Waals surface area contributed by atoms with Crippen molar-refractivity contribution in [3.63, 3.8) is 0 Å². The predicted molar refractivity (Wildman–Crippen MR) is 121 cm³/mol. The van der Waals surface area contributed by atoms with Gasteiger partial charge in [-0.05, 0) is 54.2 Å². The average molecular weight is 423 g/mol. The normalized spacial score (nSPS) is 10.2. The summed E-state index contributed by atoms with van der Waals surface area (Å²) in [6, 6.07) is 21.1. The Kier molecular flexibility index (Phi) is 7.18. The monoisotopic (exact) mass is 422 g/mol. The topological polar surface area (TPSA) is 91.5 Å². The average Bonchev–Trinajstić information content (AvgIpc) is 2.76. The Morgan fingerprint density at radius 1 is 0.900 bits per heavy atom. The minimum atomic E-state index is -0.442. The van der Waals surface area contributed by atoms with Crippen molar-refractivity contribution in [3.05, 3.63) is 72.3 Å². The zero-order chi connectivity index (χ0) is 21.3. The zero-order valence-corrected chi connectivity index (χ0v) is 17.2. The van der Waals surface area contributed by atoms with Crippen molar-refractivity contribution in [3.8, 4) is 5.75 Å². The van der Waals surface area contributed by atoms with Gasteiger partial charge in [-0.25, -0.2) is 0 Å². The molecule has 0 spiro atoms. The van der Waals surface area contributed by atoms with Crippen molar-refractivity contribution in [2.24, 2.45) is 0 Å². The van der Waals surface area contributed by atoms with E-state index in [0.717, 1.165) is 22.0 Å². The fourth-order valence-electron chi connectivity index (χ4n) is 2.61. The molecule has 154 valence electrons. The Morgan fingerprint density at radius 2 is 1.63 bits per heavy atom. The fraction of sp³-hybridized carbons (Fsp3) is 0.136. The van der Waals surface area contributed by atoms with Gasteiger partial charge in [0.2, 0.25) is 0 Å². The molecule has 0 unspecified atom stereocenters. The highest BCUT2D eigenvalue weighted by Crippen LogP contribution is 2.20. The smallest absolute Gasteiger partial charge is 0.258 e. The Bertz CT molecular complexity index is 1050. The number of hydrazine groups is 1. The summed E-state index contributed by atoms with van der Waals surface area (Å²) in [5.74, 6) is -0.261. The molecule has 0 saturated heterocycles. The first-order chi connectivity index (χ1) is 14.5. The van der Waals surface area contributed by atoms with Crippen LogP contribution in [-0.4, -0.2) is 30.1 Å². The number of thiocarbonyl (C=S) groups is 1. The number of hydrogen-bond acceptors (Lipinski definition) is 4. The molecule has 0 bridgehead atoms. The molecule has 4 N–H and O–H groups in total. The first-order valence-corrected chi connectivity index (χ1v) is 9.71. The van der Waals surface area contributed by atoms with Crippen LogP contribution in [-0.2, 0) is 9.59 Å². The number of fused-ring (bicyclic) bond motifs is 1. The Labute approximate surface area is 179 Å². The van der Waals surface area contributed by atoms with Crippen LogP contribution in [0.3, 0.4) is 0 Å². The lowest BCUT2D eigenvalue weighted by Crippen LogP contribution is -2.48. The lowest BCUT2D eigenvalue weighted by atomic mass is 10.1. The Hall–Kier alpha value is -3.65. The number of anilines is 1. The molecule has 2 amide bonds. The van der Waals surface area contributed by atoms with Gasteiger partial charge < -0.3 is 15.4 Å². The number of carbonyl (C=O) groups excluding carboxylic acids is 2. The summed E-state index contributed by atoms with van der Waals surface area (Å²) in [5.41, 5.74) is 6.93. The maximum atomic E-state index is 11.9. The van der Waals surface area contributed by atoms with Gasteiger partial charge in [-0.1, -0.05) is 48.0 Å². The standard InChI is InChI=1S/C22H22N4O3S/c1-15-6-9-18(10-7-15)24-22(30)26-25-20(27)13-23-21(28)14-29-19-11-8-16-4-2-3-5-17(16)12-19/h2-12H,13-14H2,1H3,(H,23,28)(H,25,27)(H2,24,26,30). The molecule has 3 aromatic rings. The molecule has 30 heavy (non-hydrogen) atoms. The van der Waals surface area contributed by atoms with E-state index in [4.69, 9.17) is 17.0 Å². The highest BCUT2D eigenvalue weighted by Gasteiger charge is 2.07. The molecular formula is C22H22N4O3S. The second-order valence-electron chi connectivity index (χ2n) is 6.57. The highest BCUT2D eigenvalue weighted by molar-refractivity contribution is 7.80. The van der Waals surface area contributed by atoms with Gasteiger partial charge in [-0.15, -0.1) is 0 Å². The molecule has 0 aliphatic rings. The van der Waals surface area contributed by atoms with E-state index in [2.05, 4.69) is 21.5 Å². The van der Waals surface area contributed by atoms with Crippen LogP contribution >= 0.6 is 12.2 Å². The van der Waals surface area contributed by atoms with E-state index >= 15 is 0 Å². The summed E-state index contributed by atoms with van der Waals surface area (Å²) in [6.45, 7) is 1.59. The van der Waals surface area contributed by atoms with Gasteiger partial charge in [-0.3, -0.25) is 20.4 Å². The second-order valence-corrected chi connectivity index (χ2v) is 6.98. The van der Waals surface area contributed by atoms with Crippen LogP contribution in [0, 0.1) is 6.92 Å². The Balaban J connectivity index is 1.35. The van der Waals surface area contributed by atoms with Gasteiger partial charge in [0.1, 0.15) is 5.75 Å². The van der Waals surface area contributed by atoms with Gasteiger partial charge in [0.25, 0.3) is 11.8 Å². The lowest BCUT2D eigenvalue weighted by molar-refractivity contribution is -0.127. The van der Waals surface area contributed by atoms with E-state index in [1.165, 1.54) is 0 Å². The second kappa shape index (κ2) is 10.2. The van der Waals surface area contributed by atoms with Crippen LogP contribution in [0.5, 0.6) is 5.75 Å². The Morgan fingerprint density at radius 3 is 2.40 bits per heavy atom. The van der Waals surface area contributed by atoms with E-state index < -0.39 is 11.8 Å². The van der Waals surface area contributed by atoms with Crippen LogP contribution in [0.25, 0.3) is 10.8 Å². The third kappa shape index (κ3) is 6.46. The van der Waals surface area contributed by atoms with E-state index in [0.29, 0.717) is 5.75 Å². The molecule has 0 aliphatic carbocycles. The summed E-state index contributed by atoms with van der Waals surface area (Å²) in [5, 5.41) is 7.78. The van der Waals surface area contributed by atoms with E-state index in [1.54, 1.807) is 6.07 Å². The molecular weight excluding hydrogens is 400 g/mol. The summed E-state index contributed by atoms with van der Waals surface area (Å²) < 4.78 is 5.49. The maximum absolute atomic E-state index is 11.9. The number of aryl methyl sites for hydroxylation is 1. The molecule has 0 atom stereocenters. The SMILES string of the molecule is Cc1ccc(NC(=S)NNC(=O)CNC(=O)COc2ccc3ccccc3c2)cc1. The van der Waals surface area contributed by atoms with Crippen LogP contribution < -0.4 is 26.2 Å². The van der Waals surface area contributed by atoms with Crippen molar-refractivity contribution in [1.82, 2.24) is 16.2 Å².